The fraction of sp³-hybridized carbons (Fsp3) is 0.167. The first-order valence-electron chi connectivity index (χ1n) is 8.09. The molecule has 2 N–H and O–H groups in total. The summed E-state index contributed by atoms with van der Waals surface area (Å²) >= 11 is 0. The van der Waals surface area contributed by atoms with Crippen molar-refractivity contribution in [2.24, 2.45) is 0 Å². The van der Waals surface area contributed by atoms with E-state index < -0.39 is 17.4 Å². The first-order chi connectivity index (χ1) is 12.6. The molecule has 0 atom stereocenters. The lowest BCUT2D eigenvalue weighted by Gasteiger charge is -2.08. The summed E-state index contributed by atoms with van der Waals surface area (Å²) in [5, 5.41) is 8.00. The number of hydrogen-bond donors (Lipinski definition) is 2. The third kappa shape index (κ3) is 3.75. The predicted octanol–water partition coefficient (Wildman–Crippen LogP) is 0.815. The molecule has 1 heterocycles. The van der Waals surface area contributed by atoms with E-state index in [1.165, 1.54) is 0 Å². The maximum absolute atomic E-state index is 12.3. The summed E-state index contributed by atoms with van der Waals surface area (Å²) < 4.78 is 0.944. The third-order valence-corrected chi connectivity index (χ3v) is 3.86. The molecule has 2 amide bonds. The van der Waals surface area contributed by atoms with Gasteiger partial charge < -0.3 is 0 Å². The monoisotopic (exact) mass is 351 g/mol. The normalized spacial score (nSPS) is 10.5. The second kappa shape index (κ2) is 7.56. The first kappa shape index (κ1) is 17.3. The second-order valence-corrected chi connectivity index (χ2v) is 5.62. The lowest BCUT2D eigenvalue weighted by Crippen LogP contribution is -2.44. The van der Waals surface area contributed by atoms with Gasteiger partial charge >= 0.3 is 0 Å². The van der Waals surface area contributed by atoms with Crippen molar-refractivity contribution in [1.82, 2.24) is 25.8 Å². The molecule has 0 fully saturated rings. The van der Waals surface area contributed by atoms with E-state index in [1.54, 1.807) is 36.4 Å². The van der Waals surface area contributed by atoms with Gasteiger partial charge in [0.05, 0.1) is 5.39 Å². The van der Waals surface area contributed by atoms with Crippen molar-refractivity contribution in [3.8, 4) is 0 Å². The number of carbonyl (C=O) groups excluding carboxylic acids is 2. The smallest absolute Gasteiger partial charge is 0.271 e. The number of carbonyl (C=O) groups is 2. The lowest BCUT2D eigenvalue weighted by atomic mass is 10.1. The summed E-state index contributed by atoms with van der Waals surface area (Å²) in [4.78, 5) is 36.3. The molecule has 8 nitrogen and oxygen atoms in total. The molecule has 0 saturated carbocycles. The molecule has 3 aromatic rings. The maximum atomic E-state index is 12.3. The number of benzene rings is 2. The minimum atomic E-state index is -0.588. The van der Waals surface area contributed by atoms with Crippen LogP contribution in [0.25, 0.3) is 10.9 Å². The molecular formula is C18H17N5O3. The van der Waals surface area contributed by atoms with Crippen LogP contribution in [0.2, 0.25) is 0 Å². The number of aromatic nitrogens is 3. The van der Waals surface area contributed by atoms with Gasteiger partial charge in [-0.05, 0) is 36.2 Å². The number of fused-ring (bicyclic) bond motifs is 1. The molecule has 26 heavy (non-hydrogen) atoms. The number of aryl methyl sites for hydroxylation is 1. The van der Waals surface area contributed by atoms with E-state index in [1.807, 2.05) is 19.1 Å². The Morgan fingerprint density at radius 2 is 1.77 bits per heavy atom. The summed E-state index contributed by atoms with van der Waals surface area (Å²) in [6, 6.07) is 13.8. The Labute approximate surface area is 148 Å². The maximum Gasteiger partial charge on any atom is 0.278 e. The Morgan fingerprint density at radius 1 is 1.04 bits per heavy atom. The zero-order valence-electron chi connectivity index (χ0n) is 14.1. The van der Waals surface area contributed by atoms with Crippen LogP contribution in [0, 0.1) is 0 Å². The van der Waals surface area contributed by atoms with Crippen molar-refractivity contribution in [1.29, 1.82) is 0 Å². The van der Waals surface area contributed by atoms with E-state index in [0.29, 0.717) is 16.5 Å². The Morgan fingerprint density at radius 3 is 2.50 bits per heavy atom. The van der Waals surface area contributed by atoms with Gasteiger partial charge in [0.15, 0.2) is 0 Å². The molecule has 0 bridgehead atoms. The molecular weight excluding hydrogens is 334 g/mol. The standard InChI is InChI=1S/C18H17N5O3/c1-2-12-7-9-13(10-8-12)17(25)21-20-16(24)11-23-18(26)14-5-3-4-6-15(14)19-22-23/h3-10H,2,11H2,1H3,(H,20,24)(H,21,25). The molecule has 132 valence electrons. The highest BCUT2D eigenvalue weighted by Gasteiger charge is 2.11. The lowest BCUT2D eigenvalue weighted by molar-refractivity contribution is -0.122. The average molecular weight is 351 g/mol. The van der Waals surface area contributed by atoms with Crippen molar-refractivity contribution in [2.45, 2.75) is 19.9 Å². The number of rotatable bonds is 4. The third-order valence-electron chi connectivity index (χ3n) is 3.86. The van der Waals surface area contributed by atoms with E-state index in [4.69, 9.17) is 0 Å². The molecule has 0 radical (unpaired) electrons. The van der Waals surface area contributed by atoms with E-state index >= 15 is 0 Å². The predicted molar refractivity (Wildman–Crippen MR) is 95.2 cm³/mol. The Bertz CT molecular complexity index is 1010. The average Bonchev–Trinajstić information content (AvgIpc) is 2.68. The van der Waals surface area contributed by atoms with Gasteiger partial charge in [0.2, 0.25) is 0 Å². The van der Waals surface area contributed by atoms with E-state index in [0.717, 1.165) is 16.7 Å². The largest absolute Gasteiger partial charge is 0.278 e. The zero-order valence-corrected chi connectivity index (χ0v) is 14.1. The van der Waals surface area contributed by atoms with Gasteiger partial charge in [-0.3, -0.25) is 25.2 Å². The number of hydrazine groups is 1. The summed E-state index contributed by atoms with van der Waals surface area (Å²) in [7, 11) is 0. The second-order valence-electron chi connectivity index (χ2n) is 5.62. The molecule has 1 aromatic heterocycles. The molecule has 3 rings (SSSR count). The van der Waals surface area contributed by atoms with Crippen molar-refractivity contribution in [2.75, 3.05) is 0 Å². The highest BCUT2D eigenvalue weighted by atomic mass is 16.2. The van der Waals surface area contributed by atoms with Crippen LogP contribution in [0.1, 0.15) is 22.8 Å². The van der Waals surface area contributed by atoms with Gasteiger partial charge in [0, 0.05) is 5.56 Å². The van der Waals surface area contributed by atoms with Crippen LogP contribution in [0.3, 0.4) is 0 Å². The van der Waals surface area contributed by atoms with Gasteiger partial charge in [0.1, 0.15) is 12.1 Å². The van der Waals surface area contributed by atoms with E-state index in [2.05, 4.69) is 21.2 Å². The van der Waals surface area contributed by atoms with Crippen LogP contribution >= 0.6 is 0 Å². The number of hydrogen-bond acceptors (Lipinski definition) is 5. The molecule has 2 aromatic carbocycles. The van der Waals surface area contributed by atoms with Crippen LogP contribution < -0.4 is 16.4 Å². The fourth-order valence-electron chi connectivity index (χ4n) is 2.39. The topological polar surface area (TPSA) is 106 Å². The minimum Gasteiger partial charge on any atom is -0.271 e. The van der Waals surface area contributed by atoms with Gasteiger partial charge in [-0.2, -0.15) is 0 Å². The number of amides is 2. The van der Waals surface area contributed by atoms with Gasteiger partial charge in [-0.1, -0.05) is 36.4 Å². The quantitative estimate of drug-likeness (QED) is 0.677. The first-order valence-corrected chi connectivity index (χ1v) is 8.09. The molecule has 0 unspecified atom stereocenters. The Balaban J connectivity index is 1.63. The molecule has 8 heteroatoms. The Hall–Kier alpha value is -3.55. The summed E-state index contributed by atoms with van der Waals surface area (Å²) in [5.41, 5.74) is 6.14. The fourth-order valence-corrected chi connectivity index (χ4v) is 2.39. The van der Waals surface area contributed by atoms with E-state index in [-0.39, 0.29) is 6.54 Å². The number of nitrogens with zero attached hydrogens (tertiary/aromatic N) is 3. The van der Waals surface area contributed by atoms with Crippen molar-refractivity contribution >= 4 is 22.7 Å². The van der Waals surface area contributed by atoms with Crippen LogP contribution in [-0.4, -0.2) is 26.8 Å². The van der Waals surface area contributed by atoms with Crippen molar-refractivity contribution < 1.29 is 9.59 Å². The molecule has 0 spiro atoms. The van der Waals surface area contributed by atoms with Gasteiger partial charge in [-0.15, -0.1) is 5.10 Å². The minimum absolute atomic E-state index is 0.355. The molecule has 0 aliphatic carbocycles. The highest BCUT2D eigenvalue weighted by Crippen LogP contribution is 2.05. The summed E-state index contributed by atoms with van der Waals surface area (Å²) in [5.74, 6) is -1.03. The highest BCUT2D eigenvalue weighted by molar-refractivity contribution is 5.95. The van der Waals surface area contributed by atoms with E-state index in [9.17, 15) is 14.4 Å². The molecule has 0 aliphatic heterocycles. The SMILES string of the molecule is CCc1ccc(C(=O)NNC(=O)Cn2nnc3ccccc3c2=O)cc1. The molecule has 0 aliphatic rings. The van der Waals surface area contributed by atoms with Crippen molar-refractivity contribution in [3.05, 3.63) is 70.0 Å². The van der Waals surface area contributed by atoms with Gasteiger partial charge in [0.25, 0.3) is 17.4 Å². The number of nitrogens with one attached hydrogen (secondary N) is 2. The Kier molecular flexibility index (Phi) is 5.02. The molecule has 0 saturated heterocycles. The van der Waals surface area contributed by atoms with Crippen LogP contribution in [0.5, 0.6) is 0 Å². The van der Waals surface area contributed by atoms with Crippen LogP contribution in [0.4, 0.5) is 0 Å². The summed E-state index contributed by atoms with van der Waals surface area (Å²) in [6.07, 6.45) is 0.875. The van der Waals surface area contributed by atoms with Crippen molar-refractivity contribution in [3.63, 3.8) is 0 Å². The van der Waals surface area contributed by atoms with Crippen LogP contribution in [-0.2, 0) is 17.8 Å². The van der Waals surface area contributed by atoms with Gasteiger partial charge in [-0.25, -0.2) is 4.68 Å². The zero-order chi connectivity index (χ0) is 18.5. The summed E-state index contributed by atoms with van der Waals surface area (Å²) in [6.45, 7) is 1.67. The van der Waals surface area contributed by atoms with Crippen LogP contribution in [0.15, 0.2) is 53.3 Å².